The summed E-state index contributed by atoms with van der Waals surface area (Å²) < 4.78 is 32.1. The molecule has 0 aliphatic rings. The van der Waals surface area contributed by atoms with Crippen LogP contribution in [0, 0.1) is 18.3 Å². The van der Waals surface area contributed by atoms with Crippen LogP contribution in [0.3, 0.4) is 0 Å². The standard InChI is InChI=1S/C13H17N3O4S/c1-10-5-4-6-12(11(10)9-14)15-21(18,19)16(2)8-7-13(17)20-3/h4-6,15H,7-8H2,1-3H3. The summed E-state index contributed by atoms with van der Waals surface area (Å²) in [6, 6.07) is 6.85. The highest BCUT2D eigenvalue weighted by atomic mass is 32.2. The molecule has 0 saturated carbocycles. The van der Waals surface area contributed by atoms with E-state index >= 15 is 0 Å². The Balaban J connectivity index is 2.89. The second-order valence-corrected chi connectivity index (χ2v) is 6.14. The van der Waals surface area contributed by atoms with E-state index in [9.17, 15) is 13.2 Å². The molecule has 0 amide bonds. The number of esters is 1. The molecule has 1 aromatic rings. The molecular formula is C13H17N3O4S. The summed E-state index contributed by atoms with van der Waals surface area (Å²) in [5.74, 6) is -0.495. The molecule has 0 bridgehead atoms. The molecular weight excluding hydrogens is 294 g/mol. The highest BCUT2D eigenvalue weighted by Crippen LogP contribution is 2.20. The lowest BCUT2D eigenvalue weighted by molar-refractivity contribution is -0.140. The van der Waals surface area contributed by atoms with Crippen LogP contribution in [0.1, 0.15) is 17.5 Å². The first-order valence-electron chi connectivity index (χ1n) is 6.12. The van der Waals surface area contributed by atoms with Crippen molar-refractivity contribution in [1.29, 1.82) is 5.26 Å². The lowest BCUT2D eigenvalue weighted by atomic mass is 10.1. The maximum Gasteiger partial charge on any atom is 0.306 e. The van der Waals surface area contributed by atoms with E-state index in [0.717, 1.165) is 4.31 Å². The van der Waals surface area contributed by atoms with Crippen LogP contribution in [-0.2, 0) is 19.7 Å². The highest BCUT2D eigenvalue weighted by molar-refractivity contribution is 7.90. The van der Waals surface area contributed by atoms with Crippen LogP contribution in [0.4, 0.5) is 5.69 Å². The van der Waals surface area contributed by atoms with Crippen molar-refractivity contribution in [2.24, 2.45) is 0 Å². The van der Waals surface area contributed by atoms with Gasteiger partial charge in [-0.25, -0.2) is 0 Å². The molecule has 8 heteroatoms. The molecule has 7 nitrogen and oxygen atoms in total. The number of benzene rings is 1. The first-order valence-corrected chi connectivity index (χ1v) is 7.56. The Labute approximate surface area is 124 Å². The van der Waals surface area contributed by atoms with Gasteiger partial charge in [-0.05, 0) is 18.6 Å². The van der Waals surface area contributed by atoms with E-state index in [-0.39, 0.29) is 24.2 Å². The summed E-state index contributed by atoms with van der Waals surface area (Å²) >= 11 is 0. The third-order valence-corrected chi connectivity index (χ3v) is 4.37. The number of hydrogen-bond acceptors (Lipinski definition) is 5. The number of methoxy groups -OCH3 is 1. The van der Waals surface area contributed by atoms with Crippen molar-refractivity contribution in [1.82, 2.24) is 4.31 Å². The zero-order valence-corrected chi connectivity index (χ0v) is 12.9. The SMILES string of the molecule is COC(=O)CCN(C)S(=O)(=O)Nc1cccc(C)c1C#N. The van der Waals surface area contributed by atoms with Crippen molar-refractivity contribution in [3.05, 3.63) is 29.3 Å². The lowest BCUT2D eigenvalue weighted by Crippen LogP contribution is -2.34. The fourth-order valence-electron chi connectivity index (χ4n) is 1.59. The monoisotopic (exact) mass is 311 g/mol. The first-order chi connectivity index (χ1) is 9.81. The molecule has 114 valence electrons. The molecule has 1 N–H and O–H groups in total. The van der Waals surface area contributed by atoms with E-state index in [0.29, 0.717) is 5.56 Å². The molecule has 1 aromatic carbocycles. The molecule has 0 aromatic heterocycles. The summed E-state index contributed by atoms with van der Waals surface area (Å²) in [6.07, 6.45) is -0.0488. The van der Waals surface area contributed by atoms with Gasteiger partial charge in [-0.2, -0.15) is 18.0 Å². The number of aryl methyl sites for hydroxylation is 1. The molecule has 0 aliphatic carbocycles. The van der Waals surface area contributed by atoms with Gasteiger partial charge >= 0.3 is 16.2 Å². The Bertz CT molecular complexity index is 664. The molecule has 0 unspecified atom stereocenters. The van der Waals surface area contributed by atoms with Crippen LogP contribution in [-0.4, -0.2) is 39.4 Å². The Morgan fingerprint density at radius 3 is 2.71 bits per heavy atom. The van der Waals surface area contributed by atoms with Gasteiger partial charge in [0.05, 0.1) is 24.8 Å². The fourth-order valence-corrected chi connectivity index (χ4v) is 2.52. The number of ether oxygens (including phenoxy) is 1. The maximum atomic E-state index is 12.1. The number of anilines is 1. The van der Waals surface area contributed by atoms with Crippen molar-refractivity contribution in [2.45, 2.75) is 13.3 Å². The zero-order chi connectivity index (χ0) is 16.0. The first kappa shape index (κ1) is 16.9. The molecule has 0 heterocycles. The summed E-state index contributed by atoms with van der Waals surface area (Å²) in [5.41, 5.74) is 1.15. The number of carbonyl (C=O) groups excluding carboxylic acids is 1. The molecule has 0 spiro atoms. The molecule has 0 saturated heterocycles. The highest BCUT2D eigenvalue weighted by Gasteiger charge is 2.20. The maximum absolute atomic E-state index is 12.1. The average Bonchev–Trinajstić information content (AvgIpc) is 2.44. The Morgan fingerprint density at radius 1 is 1.48 bits per heavy atom. The van der Waals surface area contributed by atoms with Crippen molar-refractivity contribution in [3.63, 3.8) is 0 Å². The van der Waals surface area contributed by atoms with Crippen LogP contribution >= 0.6 is 0 Å². The number of nitrogens with zero attached hydrogens (tertiary/aromatic N) is 2. The molecule has 0 radical (unpaired) electrons. The van der Waals surface area contributed by atoms with Gasteiger partial charge in [-0.3, -0.25) is 9.52 Å². The Kier molecular flexibility index (Phi) is 5.69. The van der Waals surface area contributed by atoms with Crippen LogP contribution < -0.4 is 4.72 Å². The van der Waals surface area contributed by atoms with Crippen molar-refractivity contribution >= 4 is 21.9 Å². The predicted molar refractivity (Wildman–Crippen MR) is 77.7 cm³/mol. The smallest absolute Gasteiger partial charge is 0.306 e. The van der Waals surface area contributed by atoms with Crippen LogP contribution in [0.25, 0.3) is 0 Å². The Hall–Kier alpha value is -2.11. The zero-order valence-electron chi connectivity index (χ0n) is 12.1. The largest absolute Gasteiger partial charge is 0.469 e. The normalized spacial score (nSPS) is 11.0. The van der Waals surface area contributed by atoms with Crippen LogP contribution in [0.15, 0.2) is 18.2 Å². The van der Waals surface area contributed by atoms with Crippen molar-refractivity contribution < 1.29 is 17.9 Å². The van der Waals surface area contributed by atoms with E-state index in [1.165, 1.54) is 20.2 Å². The number of carbonyl (C=O) groups is 1. The Morgan fingerprint density at radius 2 is 2.14 bits per heavy atom. The molecule has 0 fully saturated rings. The second-order valence-electron chi connectivity index (χ2n) is 4.36. The van der Waals surface area contributed by atoms with Crippen molar-refractivity contribution in [2.75, 3.05) is 25.4 Å². The third-order valence-electron chi connectivity index (χ3n) is 2.89. The molecule has 0 aliphatic heterocycles. The summed E-state index contributed by atoms with van der Waals surface area (Å²) in [7, 11) is -1.26. The number of nitriles is 1. The van der Waals surface area contributed by atoms with E-state index in [1.807, 2.05) is 6.07 Å². The minimum Gasteiger partial charge on any atom is -0.469 e. The average molecular weight is 311 g/mol. The predicted octanol–water partition coefficient (Wildman–Crippen LogP) is 1.02. The van der Waals surface area contributed by atoms with Crippen molar-refractivity contribution in [3.8, 4) is 6.07 Å². The van der Waals surface area contributed by atoms with Gasteiger partial charge in [-0.15, -0.1) is 0 Å². The van der Waals surface area contributed by atoms with Crippen LogP contribution in [0.2, 0.25) is 0 Å². The van der Waals surface area contributed by atoms with Gasteiger partial charge in [0.2, 0.25) is 0 Å². The minimum atomic E-state index is -3.84. The lowest BCUT2D eigenvalue weighted by Gasteiger charge is -2.18. The molecule has 21 heavy (non-hydrogen) atoms. The second kappa shape index (κ2) is 7.06. The number of rotatable bonds is 6. The van der Waals surface area contributed by atoms with Gasteiger partial charge in [-0.1, -0.05) is 12.1 Å². The quantitative estimate of drug-likeness (QED) is 0.791. The van der Waals surface area contributed by atoms with Crippen LogP contribution in [0.5, 0.6) is 0 Å². The molecule has 0 atom stereocenters. The van der Waals surface area contributed by atoms with E-state index in [2.05, 4.69) is 9.46 Å². The number of hydrogen-bond donors (Lipinski definition) is 1. The van der Waals surface area contributed by atoms with Gasteiger partial charge in [0.1, 0.15) is 6.07 Å². The summed E-state index contributed by atoms with van der Waals surface area (Å²) in [6.45, 7) is 1.70. The topological polar surface area (TPSA) is 99.5 Å². The van der Waals surface area contributed by atoms with Gasteiger partial charge in [0, 0.05) is 13.6 Å². The summed E-state index contributed by atoms with van der Waals surface area (Å²) in [5, 5.41) is 9.08. The molecule has 1 rings (SSSR count). The minimum absolute atomic E-state index is 0.0181. The van der Waals surface area contributed by atoms with E-state index in [4.69, 9.17) is 5.26 Å². The van der Waals surface area contributed by atoms with Gasteiger partial charge in [0.25, 0.3) is 0 Å². The third kappa shape index (κ3) is 4.44. The fraction of sp³-hybridized carbons (Fsp3) is 0.385. The van der Waals surface area contributed by atoms with Gasteiger partial charge < -0.3 is 4.74 Å². The van der Waals surface area contributed by atoms with Gasteiger partial charge in [0.15, 0.2) is 0 Å². The van der Waals surface area contributed by atoms with E-state index < -0.39 is 16.2 Å². The van der Waals surface area contributed by atoms with E-state index in [1.54, 1.807) is 19.1 Å². The summed E-state index contributed by atoms with van der Waals surface area (Å²) in [4.78, 5) is 11.0. The number of nitrogens with one attached hydrogen (secondary N) is 1.